The minimum Gasteiger partial charge on any atom is -0.494 e. The van der Waals surface area contributed by atoms with Crippen molar-refractivity contribution in [1.82, 2.24) is 0 Å². The summed E-state index contributed by atoms with van der Waals surface area (Å²) < 4.78 is 18.9. The largest absolute Gasteiger partial charge is 0.494 e. The summed E-state index contributed by atoms with van der Waals surface area (Å²) in [5, 5.41) is 0. The normalized spacial score (nSPS) is 13.0. The molecule has 0 saturated carbocycles. The van der Waals surface area contributed by atoms with E-state index < -0.39 is 0 Å². The molecule has 2 nitrogen and oxygen atoms in total. The number of benzene rings is 2. The topological polar surface area (TPSA) is 35.2 Å². The van der Waals surface area contributed by atoms with Gasteiger partial charge in [0.2, 0.25) is 0 Å². The first-order valence-electron chi connectivity index (χ1n) is 7.98. The molecule has 0 saturated heterocycles. The van der Waals surface area contributed by atoms with Crippen molar-refractivity contribution >= 4 is 0 Å². The van der Waals surface area contributed by atoms with Crippen LogP contribution in [0.3, 0.4) is 0 Å². The predicted octanol–water partition coefficient (Wildman–Crippen LogP) is 4.42. The van der Waals surface area contributed by atoms with Crippen LogP contribution >= 0.6 is 0 Å². The van der Waals surface area contributed by atoms with Gasteiger partial charge in [-0.1, -0.05) is 51.1 Å². The van der Waals surface area contributed by atoms with Gasteiger partial charge < -0.3 is 10.5 Å². The van der Waals surface area contributed by atoms with Gasteiger partial charge in [-0.05, 0) is 47.2 Å². The number of nitrogens with two attached hydrogens (primary N) is 1. The quantitative estimate of drug-likeness (QED) is 0.886. The van der Waals surface area contributed by atoms with Gasteiger partial charge in [0.15, 0.2) is 11.6 Å². The minimum atomic E-state index is -0.341. The number of hydrogen-bond donors (Lipinski definition) is 1. The molecule has 0 aliphatic rings. The van der Waals surface area contributed by atoms with Gasteiger partial charge in [-0.3, -0.25) is 0 Å². The van der Waals surface area contributed by atoms with Crippen LogP contribution in [-0.4, -0.2) is 13.7 Å². The monoisotopic (exact) mass is 315 g/mol. The summed E-state index contributed by atoms with van der Waals surface area (Å²) in [4.78, 5) is 0. The Morgan fingerprint density at radius 1 is 1.09 bits per heavy atom. The highest BCUT2D eigenvalue weighted by Gasteiger charge is 2.16. The molecule has 0 radical (unpaired) electrons. The van der Waals surface area contributed by atoms with Crippen LogP contribution in [0.25, 0.3) is 0 Å². The van der Waals surface area contributed by atoms with Gasteiger partial charge in [0.25, 0.3) is 0 Å². The van der Waals surface area contributed by atoms with E-state index in [1.165, 1.54) is 24.3 Å². The molecule has 0 aliphatic carbocycles. The van der Waals surface area contributed by atoms with Crippen molar-refractivity contribution < 1.29 is 9.13 Å². The Labute approximate surface area is 138 Å². The summed E-state index contributed by atoms with van der Waals surface area (Å²) in [5.74, 6) is 0.0153. The Hall–Kier alpha value is -1.87. The Kier molecular flexibility index (Phi) is 5.42. The summed E-state index contributed by atoms with van der Waals surface area (Å²) in [6, 6.07) is 13.7. The van der Waals surface area contributed by atoms with Gasteiger partial charge in [-0.2, -0.15) is 0 Å². The van der Waals surface area contributed by atoms with Gasteiger partial charge in [-0.25, -0.2) is 4.39 Å². The predicted molar refractivity (Wildman–Crippen MR) is 93.6 cm³/mol. The number of halogens is 1. The number of rotatable bonds is 5. The molecule has 2 aromatic carbocycles. The average molecular weight is 315 g/mol. The van der Waals surface area contributed by atoms with Crippen molar-refractivity contribution in [2.45, 2.75) is 38.5 Å². The van der Waals surface area contributed by atoms with E-state index in [4.69, 9.17) is 10.5 Å². The lowest BCUT2D eigenvalue weighted by atomic mass is 9.85. The molecular formula is C20H26FNO. The highest BCUT2D eigenvalue weighted by molar-refractivity contribution is 5.34. The van der Waals surface area contributed by atoms with Crippen molar-refractivity contribution in [2.75, 3.05) is 13.7 Å². The van der Waals surface area contributed by atoms with E-state index in [1.54, 1.807) is 6.07 Å². The maximum atomic E-state index is 13.9. The molecule has 2 aromatic rings. The standard InChI is InChI=1S/C20H26FNO/c1-20(2,3)17-8-5-14(6-9-17)11-16(13-22)15-7-10-19(23-4)18(21)12-15/h5-10,12,16H,11,13,22H2,1-4H3. The molecule has 1 atom stereocenters. The Morgan fingerprint density at radius 2 is 1.74 bits per heavy atom. The Bertz CT molecular complexity index is 644. The molecule has 0 aromatic heterocycles. The molecule has 0 bridgehead atoms. The van der Waals surface area contributed by atoms with Crippen LogP contribution in [0.4, 0.5) is 4.39 Å². The van der Waals surface area contributed by atoms with Gasteiger partial charge in [0, 0.05) is 5.92 Å². The summed E-state index contributed by atoms with van der Waals surface area (Å²) in [6.45, 7) is 7.08. The number of ether oxygens (including phenoxy) is 1. The SMILES string of the molecule is COc1ccc(C(CN)Cc2ccc(C(C)(C)C)cc2)cc1F. The first kappa shape index (κ1) is 17.5. The van der Waals surface area contributed by atoms with Crippen LogP contribution in [0, 0.1) is 5.82 Å². The Balaban J connectivity index is 2.17. The van der Waals surface area contributed by atoms with Crippen LogP contribution in [0.15, 0.2) is 42.5 Å². The first-order valence-corrected chi connectivity index (χ1v) is 7.98. The fraction of sp³-hybridized carbons (Fsp3) is 0.400. The van der Waals surface area contributed by atoms with Crippen LogP contribution in [0.5, 0.6) is 5.75 Å². The zero-order valence-electron chi connectivity index (χ0n) is 14.4. The van der Waals surface area contributed by atoms with Gasteiger partial charge in [0.05, 0.1) is 7.11 Å². The van der Waals surface area contributed by atoms with Gasteiger partial charge in [0.1, 0.15) is 0 Å². The molecule has 2 N–H and O–H groups in total. The molecule has 2 rings (SSSR count). The van der Waals surface area contributed by atoms with E-state index in [0.717, 1.165) is 12.0 Å². The lowest BCUT2D eigenvalue weighted by molar-refractivity contribution is 0.386. The molecule has 23 heavy (non-hydrogen) atoms. The van der Waals surface area contributed by atoms with Crippen LogP contribution < -0.4 is 10.5 Å². The molecule has 0 amide bonds. The summed E-state index contributed by atoms with van der Waals surface area (Å²) in [5.41, 5.74) is 9.49. The first-order chi connectivity index (χ1) is 10.8. The average Bonchev–Trinajstić information content (AvgIpc) is 2.52. The minimum absolute atomic E-state index is 0.0934. The zero-order valence-corrected chi connectivity index (χ0v) is 14.4. The summed E-state index contributed by atoms with van der Waals surface area (Å²) in [6.07, 6.45) is 0.798. The lowest BCUT2D eigenvalue weighted by Crippen LogP contribution is -2.16. The third kappa shape index (κ3) is 4.32. The van der Waals surface area contributed by atoms with Crippen molar-refractivity contribution in [1.29, 1.82) is 0 Å². The number of methoxy groups -OCH3 is 1. The molecule has 0 fully saturated rings. The molecule has 3 heteroatoms. The van der Waals surface area contributed by atoms with Crippen molar-refractivity contribution in [2.24, 2.45) is 5.73 Å². The summed E-state index contributed by atoms with van der Waals surface area (Å²) >= 11 is 0. The fourth-order valence-electron chi connectivity index (χ4n) is 2.70. The van der Waals surface area contributed by atoms with Crippen LogP contribution in [0.1, 0.15) is 43.4 Å². The molecule has 0 spiro atoms. The molecule has 124 valence electrons. The zero-order chi connectivity index (χ0) is 17.0. The maximum Gasteiger partial charge on any atom is 0.165 e. The van der Waals surface area contributed by atoms with Gasteiger partial charge in [-0.15, -0.1) is 0 Å². The molecular weight excluding hydrogens is 289 g/mol. The third-order valence-corrected chi connectivity index (χ3v) is 4.23. The van der Waals surface area contributed by atoms with Crippen molar-refractivity contribution in [3.8, 4) is 5.75 Å². The smallest absolute Gasteiger partial charge is 0.165 e. The second kappa shape index (κ2) is 7.14. The maximum absolute atomic E-state index is 13.9. The second-order valence-electron chi connectivity index (χ2n) is 6.98. The van der Waals surface area contributed by atoms with Crippen LogP contribution in [-0.2, 0) is 11.8 Å². The highest BCUT2D eigenvalue weighted by atomic mass is 19.1. The molecule has 0 heterocycles. The van der Waals surface area contributed by atoms with Crippen LogP contribution in [0.2, 0.25) is 0 Å². The highest BCUT2D eigenvalue weighted by Crippen LogP contribution is 2.27. The molecule has 1 unspecified atom stereocenters. The Morgan fingerprint density at radius 3 is 2.22 bits per heavy atom. The van der Waals surface area contributed by atoms with E-state index in [1.807, 2.05) is 6.07 Å². The van der Waals surface area contributed by atoms with E-state index in [0.29, 0.717) is 6.54 Å². The molecule has 0 aliphatic heterocycles. The lowest BCUT2D eigenvalue weighted by Gasteiger charge is -2.20. The van der Waals surface area contributed by atoms with Gasteiger partial charge >= 0.3 is 0 Å². The van der Waals surface area contributed by atoms with E-state index in [-0.39, 0.29) is 22.9 Å². The van der Waals surface area contributed by atoms with E-state index in [9.17, 15) is 4.39 Å². The number of hydrogen-bond acceptors (Lipinski definition) is 2. The van der Waals surface area contributed by atoms with Crippen molar-refractivity contribution in [3.05, 3.63) is 65.0 Å². The fourth-order valence-corrected chi connectivity index (χ4v) is 2.70. The van der Waals surface area contributed by atoms with E-state index >= 15 is 0 Å². The van der Waals surface area contributed by atoms with Crippen molar-refractivity contribution in [3.63, 3.8) is 0 Å². The second-order valence-corrected chi connectivity index (χ2v) is 6.98. The van der Waals surface area contributed by atoms with E-state index in [2.05, 4.69) is 45.0 Å². The summed E-state index contributed by atoms with van der Waals surface area (Å²) in [7, 11) is 1.47. The third-order valence-electron chi connectivity index (χ3n) is 4.23.